The number of anilines is 2. The Morgan fingerprint density at radius 3 is 2.41 bits per heavy atom. The van der Waals surface area contributed by atoms with E-state index in [-0.39, 0.29) is 5.02 Å². The Morgan fingerprint density at radius 2 is 1.61 bits per heavy atom. The van der Waals surface area contributed by atoms with Gasteiger partial charge in [0.2, 0.25) is 5.88 Å². The summed E-state index contributed by atoms with van der Waals surface area (Å²) in [4.78, 5) is 13.6. The van der Waals surface area contributed by atoms with Crippen LogP contribution in [0.15, 0.2) is 97.3 Å². The van der Waals surface area contributed by atoms with Gasteiger partial charge in [-0.05, 0) is 73.3 Å². The smallest absolute Gasteiger partial charge is 0.218 e. The van der Waals surface area contributed by atoms with E-state index < -0.39 is 5.82 Å². The van der Waals surface area contributed by atoms with Crippen LogP contribution in [-0.2, 0) is 6.54 Å². The van der Waals surface area contributed by atoms with Gasteiger partial charge in [-0.1, -0.05) is 79.0 Å². The second-order valence-electron chi connectivity index (χ2n) is 12.1. The third kappa shape index (κ3) is 8.74. The van der Waals surface area contributed by atoms with E-state index in [1.165, 1.54) is 35.2 Å². The number of methoxy groups -OCH3 is 2. The molecule has 2 aromatic heterocycles. The fourth-order valence-corrected chi connectivity index (χ4v) is 6.21. The van der Waals surface area contributed by atoms with Gasteiger partial charge in [-0.25, -0.2) is 19.3 Å². The van der Waals surface area contributed by atoms with Crippen molar-refractivity contribution < 1.29 is 18.6 Å². The van der Waals surface area contributed by atoms with Crippen LogP contribution >= 0.6 is 11.6 Å². The molecular formula is C41H41ClFN5O3. The topological polar surface area (TPSA) is 90.4 Å². The molecule has 6 aromatic rings. The maximum atomic E-state index is 13.7. The number of benzene rings is 4. The molecule has 6 rings (SSSR count). The van der Waals surface area contributed by atoms with Gasteiger partial charge in [-0.3, -0.25) is 0 Å². The Labute approximate surface area is 303 Å². The van der Waals surface area contributed by atoms with E-state index in [0.717, 1.165) is 54.4 Å². The standard InChI is InChI=1S/C41H41ClFN5O3/c1-27-31(28-12-7-6-8-13-28)14-11-15-32(27)36-19-16-29(41(48-36)50-3)25-44-20-9-4-5-10-21-51-39-23-33-37(24-38(39)49-2)45-26-46-40(33)47-30-17-18-35(43)34(42)22-30/h6-8,11-19,22-24,26,44H,4-5,9-10,20-21,25H2,1-3H3,(H,45,46,47). The quantitative estimate of drug-likeness (QED) is 0.0962. The van der Waals surface area contributed by atoms with Gasteiger partial charge >= 0.3 is 0 Å². The number of pyridine rings is 1. The molecule has 0 spiro atoms. The normalized spacial score (nSPS) is 11.1. The van der Waals surface area contributed by atoms with E-state index in [1.54, 1.807) is 20.3 Å². The van der Waals surface area contributed by atoms with Crippen molar-refractivity contribution in [1.29, 1.82) is 0 Å². The number of ether oxygens (including phenoxy) is 3. The Balaban J connectivity index is 0.968. The predicted molar refractivity (Wildman–Crippen MR) is 203 cm³/mol. The zero-order valence-corrected chi connectivity index (χ0v) is 29.8. The van der Waals surface area contributed by atoms with Crippen molar-refractivity contribution in [3.05, 3.63) is 119 Å². The Morgan fingerprint density at radius 1 is 0.784 bits per heavy atom. The number of hydrogen-bond acceptors (Lipinski definition) is 8. The Bertz CT molecular complexity index is 2100. The van der Waals surface area contributed by atoms with Gasteiger partial charge in [0.15, 0.2) is 11.5 Å². The Hall–Kier alpha value is -5.25. The molecular weight excluding hydrogens is 665 g/mol. The lowest BCUT2D eigenvalue weighted by molar-refractivity contribution is 0.285. The molecule has 4 aromatic carbocycles. The first-order valence-corrected chi connectivity index (χ1v) is 17.4. The van der Waals surface area contributed by atoms with Crippen molar-refractivity contribution in [2.75, 3.05) is 32.7 Å². The summed E-state index contributed by atoms with van der Waals surface area (Å²) in [5.41, 5.74) is 7.90. The van der Waals surface area contributed by atoms with E-state index in [1.807, 2.05) is 18.2 Å². The summed E-state index contributed by atoms with van der Waals surface area (Å²) in [7, 11) is 3.28. The van der Waals surface area contributed by atoms with Crippen molar-refractivity contribution in [2.24, 2.45) is 0 Å². The van der Waals surface area contributed by atoms with Crippen molar-refractivity contribution in [3.63, 3.8) is 0 Å². The first-order chi connectivity index (χ1) is 24.9. The van der Waals surface area contributed by atoms with Crippen LogP contribution in [0.25, 0.3) is 33.3 Å². The molecule has 262 valence electrons. The minimum Gasteiger partial charge on any atom is -0.493 e. The first kappa shape index (κ1) is 35.6. The first-order valence-electron chi connectivity index (χ1n) is 17.0. The van der Waals surface area contributed by atoms with Crippen LogP contribution in [0.3, 0.4) is 0 Å². The second kappa shape index (κ2) is 17.1. The van der Waals surface area contributed by atoms with Crippen LogP contribution in [0.1, 0.15) is 36.8 Å². The largest absolute Gasteiger partial charge is 0.493 e. The Kier molecular flexibility index (Phi) is 11.9. The molecule has 0 bridgehead atoms. The van der Waals surface area contributed by atoms with Crippen LogP contribution < -0.4 is 24.8 Å². The maximum absolute atomic E-state index is 13.7. The molecule has 0 atom stereocenters. The zero-order chi connectivity index (χ0) is 35.6. The molecule has 8 nitrogen and oxygen atoms in total. The highest BCUT2D eigenvalue weighted by Gasteiger charge is 2.14. The molecule has 0 aliphatic carbocycles. The fraction of sp³-hybridized carbons (Fsp3) is 0.244. The van der Waals surface area contributed by atoms with Crippen LogP contribution in [-0.4, -0.2) is 42.3 Å². The SMILES string of the molecule is COc1cc2ncnc(Nc3ccc(F)c(Cl)c3)c2cc1OCCCCCCNCc1ccc(-c2cccc(-c3ccccc3)c2C)nc1OC. The highest BCUT2D eigenvalue weighted by Crippen LogP contribution is 2.36. The number of nitrogens with one attached hydrogen (secondary N) is 2. The van der Waals surface area contributed by atoms with Crippen molar-refractivity contribution in [2.45, 2.75) is 39.2 Å². The van der Waals surface area contributed by atoms with Crippen LogP contribution in [0.2, 0.25) is 5.02 Å². The molecule has 2 heterocycles. The molecule has 0 saturated heterocycles. The number of rotatable bonds is 16. The minimum atomic E-state index is -0.483. The highest BCUT2D eigenvalue weighted by molar-refractivity contribution is 6.31. The third-order valence-electron chi connectivity index (χ3n) is 8.75. The lowest BCUT2D eigenvalue weighted by Gasteiger charge is -2.14. The number of hydrogen-bond donors (Lipinski definition) is 2. The summed E-state index contributed by atoms with van der Waals surface area (Å²) in [6.07, 6.45) is 5.49. The van der Waals surface area contributed by atoms with Gasteiger partial charge in [0, 0.05) is 34.8 Å². The summed E-state index contributed by atoms with van der Waals surface area (Å²) in [6.45, 7) is 4.26. The van der Waals surface area contributed by atoms with E-state index in [2.05, 4.69) is 82.1 Å². The van der Waals surface area contributed by atoms with Gasteiger partial charge in [-0.15, -0.1) is 0 Å². The van der Waals surface area contributed by atoms with Crippen LogP contribution in [0.4, 0.5) is 15.9 Å². The van der Waals surface area contributed by atoms with Gasteiger partial charge in [0.1, 0.15) is 18.0 Å². The van der Waals surface area contributed by atoms with Crippen LogP contribution in [0.5, 0.6) is 17.4 Å². The van der Waals surface area contributed by atoms with Crippen molar-refractivity contribution in [3.8, 4) is 39.8 Å². The van der Waals surface area contributed by atoms with E-state index in [9.17, 15) is 4.39 Å². The molecule has 0 saturated carbocycles. The number of nitrogens with zero attached hydrogens (tertiary/aromatic N) is 3. The van der Waals surface area contributed by atoms with Gasteiger partial charge in [0.05, 0.1) is 37.1 Å². The summed E-state index contributed by atoms with van der Waals surface area (Å²) in [5.74, 6) is 1.91. The lowest BCUT2D eigenvalue weighted by Crippen LogP contribution is -2.15. The number of aromatic nitrogens is 3. The molecule has 0 amide bonds. The average Bonchev–Trinajstić information content (AvgIpc) is 3.16. The average molecular weight is 706 g/mol. The minimum absolute atomic E-state index is 0.0272. The fourth-order valence-electron chi connectivity index (χ4n) is 6.03. The van der Waals surface area contributed by atoms with Gasteiger partial charge in [0.25, 0.3) is 0 Å². The van der Waals surface area contributed by atoms with E-state index in [0.29, 0.717) is 47.6 Å². The molecule has 0 radical (unpaired) electrons. The monoisotopic (exact) mass is 705 g/mol. The van der Waals surface area contributed by atoms with E-state index >= 15 is 0 Å². The number of fused-ring (bicyclic) bond motifs is 1. The predicted octanol–water partition coefficient (Wildman–Crippen LogP) is 9.95. The molecule has 0 fully saturated rings. The van der Waals surface area contributed by atoms with Gasteiger partial charge < -0.3 is 24.8 Å². The maximum Gasteiger partial charge on any atom is 0.218 e. The lowest BCUT2D eigenvalue weighted by atomic mass is 9.94. The van der Waals surface area contributed by atoms with E-state index in [4.69, 9.17) is 30.8 Å². The third-order valence-corrected chi connectivity index (χ3v) is 9.04. The molecule has 0 aliphatic heterocycles. The summed E-state index contributed by atoms with van der Waals surface area (Å²) >= 11 is 5.97. The zero-order valence-electron chi connectivity index (χ0n) is 29.0. The summed E-state index contributed by atoms with van der Waals surface area (Å²) < 4.78 is 31.1. The number of halogens is 2. The molecule has 0 unspecified atom stereocenters. The highest BCUT2D eigenvalue weighted by atomic mass is 35.5. The molecule has 51 heavy (non-hydrogen) atoms. The van der Waals surface area contributed by atoms with Crippen molar-refractivity contribution in [1.82, 2.24) is 20.3 Å². The van der Waals surface area contributed by atoms with Crippen molar-refractivity contribution >= 4 is 34.0 Å². The second-order valence-corrected chi connectivity index (χ2v) is 12.6. The van der Waals surface area contributed by atoms with Gasteiger partial charge in [-0.2, -0.15) is 0 Å². The summed E-state index contributed by atoms with van der Waals surface area (Å²) in [5, 5.41) is 7.51. The molecule has 0 aliphatic rings. The molecule has 2 N–H and O–H groups in total. The summed E-state index contributed by atoms with van der Waals surface area (Å²) in [6, 6.07) is 29.1. The van der Waals surface area contributed by atoms with Crippen LogP contribution in [0, 0.1) is 12.7 Å². The number of unbranched alkanes of at least 4 members (excludes halogenated alkanes) is 3. The molecule has 10 heteroatoms.